The maximum Gasteiger partial charge on any atom is 0.257 e. The lowest BCUT2D eigenvalue weighted by Gasteiger charge is -2.28. The van der Waals surface area contributed by atoms with Crippen LogP contribution in [0.15, 0.2) is 31.1 Å². The van der Waals surface area contributed by atoms with Crippen LogP contribution in [-0.2, 0) is 5.54 Å². The van der Waals surface area contributed by atoms with Crippen molar-refractivity contribution in [1.82, 2.24) is 24.8 Å². The highest BCUT2D eigenvalue weighted by Crippen LogP contribution is 2.47. The van der Waals surface area contributed by atoms with Gasteiger partial charge in [-0.25, -0.2) is 24.3 Å². The summed E-state index contributed by atoms with van der Waals surface area (Å²) in [5.74, 6) is 0.242. The molecule has 1 aliphatic carbocycles. The second kappa shape index (κ2) is 6.34. The van der Waals surface area contributed by atoms with Crippen molar-refractivity contribution in [1.29, 1.82) is 0 Å². The predicted molar refractivity (Wildman–Crippen MR) is 88.6 cm³/mol. The van der Waals surface area contributed by atoms with Gasteiger partial charge in [0, 0.05) is 36.9 Å². The molecule has 130 valence electrons. The van der Waals surface area contributed by atoms with Crippen LogP contribution in [0.1, 0.15) is 41.6 Å². The average Bonchev–Trinajstić information content (AvgIpc) is 3.43. The number of anilines is 1. The Kier molecular flexibility index (Phi) is 4.03. The summed E-state index contributed by atoms with van der Waals surface area (Å²) in [6.07, 6.45) is 10.2. The smallest absolute Gasteiger partial charge is 0.257 e. The average molecular weight is 342 g/mol. The zero-order valence-electron chi connectivity index (χ0n) is 13.7. The standard InChI is InChI=1S/C17H19FN6O/c18-14-2-1-5-24(10-14)15(25)12-6-21-16(22-7-12)23-17(3-4-17)13-8-19-11-20-9-13/h6-9,11,14H,1-5,10H2,(H,21,22,23). The highest BCUT2D eigenvalue weighted by molar-refractivity contribution is 5.93. The van der Waals surface area contributed by atoms with Crippen LogP contribution in [0.5, 0.6) is 0 Å². The van der Waals surface area contributed by atoms with Crippen LogP contribution in [0, 0.1) is 0 Å². The zero-order valence-corrected chi connectivity index (χ0v) is 13.7. The maximum absolute atomic E-state index is 13.5. The third-order valence-electron chi connectivity index (χ3n) is 4.76. The number of carbonyl (C=O) groups excluding carboxylic acids is 1. The number of piperidine rings is 1. The van der Waals surface area contributed by atoms with Crippen molar-refractivity contribution in [2.24, 2.45) is 0 Å². The summed E-state index contributed by atoms with van der Waals surface area (Å²) in [4.78, 5) is 30.6. The molecule has 7 nitrogen and oxygen atoms in total. The summed E-state index contributed by atoms with van der Waals surface area (Å²) in [7, 11) is 0. The van der Waals surface area contributed by atoms with Gasteiger partial charge >= 0.3 is 0 Å². The second-order valence-corrected chi connectivity index (χ2v) is 6.62. The van der Waals surface area contributed by atoms with Gasteiger partial charge < -0.3 is 10.2 Å². The first-order valence-corrected chi connectivity index (χ1v) is 8.45. The quantitative estimate of drug-likeness (QED) is 0.914. The molecule has 1 amide bonds. The van der Waals surface area contributed by atoms with Crippen molar-refractivity contribution in [2.75, 3.05) is 18.4 Å². The number of amides is 1. The summed E-state index contributed by atoms with van der Waals surface area (Å²) >= 11 is 0. The number of nitrogens with one attached hydrogen (secondary N) is 1. The zero-order chi connectivity index (χ0) is 17.3. The van der Waals surface area contributed by atoms with E-state index in [1.165, 1.54) is 23.6 Å². The minimum atomic E-state index is -0.942. The fourth-order valence-electron chi connectivity index (χ4n) is 3.17. The lowest BCUT2D eigenvalue weighted by Crippen LogP contribution is -2.40. The van der Waals surface area contributed by atoms with Gasteiger partial charge in [-0.05, 0) is 25.7 Å². The molecule has 2 aliphatic rings. The van der Waals surface area contributed by atoms with Crippen LogP contribution >= 0.6 is 0 Å². The van der Waals surface area contributed by atoms with Crippen molar-refractivity contribution in [2.45, 2.75) is 37.4 Å². The molecule has 0 radical (unpaired) electrons. The Bertz CT molecular complexity index is 749. The van der Waals surface area contributed by atoms with Crippen LogP contribution in [0.2, 0.25) is 0 Å². The van der Waals surface area contributed by atoms with Crippen LogP contribution < -0.4 is 5.32 Å². The molecule has 2 aromatic heterocycles. The number of alkyl halides is 1. The van der Waals surface area contributed by atoms with E-state index < -0.39 is 6.17 Å². The van der Waals surface area contributed by atoms with Gasteiger partial charge in [0.25, 0.3) is 5.91 Å². The Morgan fingerprint density at radius 3 is 2.56 bits per heavy atom. The number of rotatable bonds is 4. The van der Waals surface area contributed by atoms with Crippen LogP contribution in [-0.4, -0.2) is 50.0 Å². The summed E-state index contributed by atoms with van der Waals surface area (Å²) in [6, 6.07) is 0. The van der Waals surface area contributed by atoms with Crippen molar-refractivity contribution in [3.8, 4) is 0 Å². The van der Waals surface area contributed by atoms with Gasteiger partial charge in [-0.3, -0.25) is 4.79 Å². The Labute approximate surface area is 144 Å². The molecule has 1 N–H and O–H groups in total. The molecular formula is C17H19FN6O. The minimum Gasteiger partial charge on any atom is -0.345 e. The summed E-state index contributed by atoms with van der Waals surface area (Å²) in [6.45, 7) is 0.728. The van der Waals surface area contributed by atoms with Crippen molar-refractivity contribution >= 4 is 11.9 Å². The predicted octanol–water partition coefficient (Wildman–Crippen LogP) is 1.94. The number of hydrogen-bond donors (Lipinski definition) is 1. The van der Waals surface area contributed by atoms with Gasteiger partial charge in [0.15, 0.2) is 0 Å². The van der Waals surface area contributed by atoms with Crippen LogP contribution in [0.3, 0.4) is 0 Å². The van der Waals surface area contributed by atoms with E-state index in [0.717, 1.165) is 18.4 Å². The first-order chi connectivity index (χ1) is 12.2. The fraction of sp³-hybridized carbons (Fsp3) is 0.471. The van der Waals surface area contributed by atoms with Crippen LogP contribution in [0.25, 0.3) is 0 Å². The lowest BCUT2D eigenvalue weighted by atomic mass is 10.1. The molecule has 1 aliphatic heterocycles. The molecule has 2 aromatic rings. The summed E-state index contributed by atoms with van der Waals surface area (Å²) in [5.41, 5.74) is 1.16. The maximum atomic E-state index is 13.5. The van der Waals surface area contributed by atoms with E-state index in [-0.39, 0.29) is 18.0 Å². The molecule has 3 heterocycles. The highest BCUT2D eigenvalue weighted by Gasteiger charge is 2.45. The van der Waals surface area contributed by atoms with Crippen molar-refractivity contribution < 1.29 is 9.18 Å². The topological polar surface area (TPSA) is 83.9 Å². The molecule has 0 spiro atoms. The summed E-state index contributed by atoms with van der Waals surface area (Å²) < 4.78 is 13.5. The van der Waals surface area contributed by atoms with Gasteiger partial charge in [0.2, 0.25) is 5.95 Å². The molecule has 8 heteroatoms. The van der Waals surface area contributed by atoms with Gasteiger partial charge in [0.1, 0.15) is 12.5 Å². The van der Waals surface area contributed by atoms with E-state index in [0.29, 0.717) is 30.9 Å². The number of halogens is 1. The number of likely N-dealkylation sites (tertiary alicyclic amines) is 1. The van der Waals surface area contributed by atoms with Crippen LogP contribution in [0.4, 0.5) is 10.3 Å². The molecule has 2 fully saturated rings. The van der Waals surface area contributed by atoms with E-state index in [4.69, 9.17) is 0 Å². The minimum absolute atomic E-state index is 0.149. The molecular weight excluding hydrogens is 323 g/mol. The number of hydrogen-bond acceptors (Lipinski definition) is 6. The normalized spacial score (nSPS) is 21.6. The number of carbonyl (C=O) groups is 1. The van der Waals surface area contributed by atoms with E-state index in [2.05, 4.69) is 25.3 Å². The Morgan fingerprint density at radius 2 is 1.92 bits per heavy atom. The van der Waals surface area contributed by atoms with Gasteiger partial charge in [-0.2, -0.15) is 0 Å². The lowest BCUT2D eigenvalue weighted by molar-refractivity contribution is 0.0635. The number of nitrogens with zero attached hydrogens (tertiary/aromatic N) is 5. The molecule has 1 saturated heterocycles. The third kappa shape index (κ3) is 3.29. The van der Waals surface area contributed by atoms with E-state index >= 15 is 0 Å². The SMILES string of the molecule is O=C(c1cnc(NC2(c3cncnc3)CC2)nc1)N1CCCC(F)C1. The monoisotopic (exact) mass is 342 g/mol. The molecule has 1 saturated carbocycles. The Balaban J connectivity index is 1.45. The molecule has 0 aromatic carbocycles. The molecule has 25 heavy (non-hydrogen) atoms. The second-order valence-electron chi connectivity index (χ2n) is 6.62. The molecule has 4 rings (SSSR count). The van der Waals surface area contributed by atoms with Crippen molar-refractivity contribution in [3.63, 3.8) is 0 Å². The largest absolute Gasteiger partial charge is 0.345 e. The number of aromatic nitrogens is 4. The fourth-order valence-corrected chi connectivity index (χ4v) is 3.17. The molecule has 0 bridgehead atoms. The van der Waals surface area contributed by atoms with E-state index in [1.807, 2.05) is 0 Å². The van der Waals surface area contributed by atoms with Gasteiger partial charge in [-0.15, -0.1) is 0 Å². The first-order valence-electron chi connectivity index (χ1n) is 8.45. The Morgan fingerprint density at radius 1 is 1.20 bits per heavy atom. The first kappa shape index (κ1) is 15.9. The highest BCUT2D eigenvalue weighted by atomic mass is 19.1. The van der Waals surface area contributed by atoms with Gasteiger partial charge in [0.05, 0.1) is 17.6 Å². The Hall–Kier alpha value is -2.64. The summed E-state index contributed by atoms with van der Waals surface area (Å²) in [5, 5.41) is 3.31. The van der Waals surface area contributed by atoms with Gasteiger partial charge in [-0.1, -0.05) is 0 Å². The van der Waals surface area contributed by atoms with E-state index in [1.54, 1.807) is 12.4 Å². The van der Waals surface area contributed by atoms with E-state index in [9.17, 15) is 9.18 Å². The third-order valence-corrected chi connectivity index (χ3v) is 4.76. The van der Waals surface area contributed by atoms with Crippen molar-refractivity contribution in [3.05, 3.63) is 42.2 Å². The molecule has 1 atom stereocenters. The molecule has 1 unspecified atom stereocenters.